The first-order valence-electron chi connectivity index (χ1n) is 6.05. The van der Waals surface area contributed by atoms with Crippen LogP contribution in [0.25, 0.3) is 0 Å². The molecule has 1 N–H and O–H groups in total. The molecule has 0 radical (unpaired) electrons. The largest absolute Gasteiger partial charge is 0.493 e. The Bertz CT molecular complexity index is 384. The van der Waals surface area contributed by atoms with Gasteiger partial charge in [-0.1, -0.05) is 0 Å². The molecule has 5 nitrogen and oxygen atoms in total. The van der Waals surface area contributed by atoms with Gasteiger partial charge in [-0.3, -0.25) is 0 Å². The molecule has 0 amide bonds. The van der Waals surface area contributed by atoms with E-state index in [4.69, 9.17) is 14.2 Å². The quantitative estimate of drug-likeness (QED) is 0.909. The fraction of sp³-hybridized carbons (Fsp3) is 0.538. The molecule has 0 unspecified atom stereocenters. The molecule has 1 aliphatic heterocycles. The minimum Gasteiger partial charge on any atom is -0.493 e. The van der Waals surface area contributed by atoms with Gasteiger partial charge in [-0.25, -0.2) is 0 Å². The van der Waals surface area contributed by atoms with Crippen LogP contribution in [0.2, 0.25) is 0 Å². The number of nitrogens with zero attached hydrogens (tertiary/aromatic N) is 1. The van der Waals surface area contributed by atoms with Crippen LogP contribution >= 0.6 is 17.0 Å². The second-order valence-electron chi connectivity index (χ2n) is 4.12. The zero-order valence-electron chi connectivity index (χ0n) is 11.6. The second kappa shape index (κ2) is 7.45. The van der Waals surface area contributed by atoms with Crippen molar-refractivity contribution >= 4 is 22.7 Å². The molecule has 0 aromatic heterocycles. The van der Waals surface area contributed by atoms with Crippen LogP contribution in [0, 0.1) is 0 Å². The van der Waals surface area contributed by atoms with Gasteiger partial charge in [0.05, 0.1) is 21.3 Å². The zero-order chi connectivity index (χ0) is 13.0. The summed E-state index contributed by atoms with van der Waals surface area (Å²) in [5.74, 6) is 2.04. The van der Waals surface area contributed by atoms with Crippen molar-refractivity contribution in [1.82, 2.24) is 5.32 Å². The molecule has 6 heteroatoms. The van der Waals surface area contributed by atoms with E-state index in [-0.39, 0.29) is 17.0 Å². The normalized spacial score (nSPS) is 14.6. The van der Waals surface area contributed by atoms with Crippen LogP contribution in [-0.4, -0.2) is 47.5 Å². The van der Waals surface area contributed by atoms with E-state index < -0.39 is 0 Å². The lowest BCUT2D eigenvalue weighted by Gasteiger charge is -2.30. The number of piperazine rings is 1. The summed E-state index contributed by atoms with van der Waals surface area (Å²) in [6, 6.07) is 3.99. The van der Waals surface area contributed by atoms with Crippen molar-refractivity contribution in [3.8, 4) is 17.2 Å². The molecule has 0 atom stereocenters. The Balaban J connectivity index is 0.00000180. The van der Waals surface area contributed by atoms with Crippen LogP contribution in [0.1, 0.15) is 0 Å². The van der Waals surface area contributed by atoms with E-state index >= 15 is 0 Å². The summed E-state index contributed by atoms with van der Waals surface area (Å²) in [7, 11) is 4.89. The monoisotopic (exact) mass is 332 g/mol. The van der Waals surface area contributed by atoms with Crippen molar-refractivity contribution in [2.45, 2.75) is 0 Å². The molecule has 19 heavy (non-hydrogen) atoms. The number of methoxy groups -OCH3 is 3. The summed E-state index contributed by atoms with van der Waals surface area (Å²) in [5.41, 5.74) is 1.10. The number of rotatable bonds is 4. The van der Waals surface area contributed by atoms with Crippen molar-refractivity contribution in [2.24, 2.45) is 0 Å². The van der Waals surface area contributed by atoms with Crippen LogP contribution in [0.4, 0.5) is 5.69 Å². The van der Waals surface area contributed by atoms with Crippen LogP contribution in [-0.2, 0) is 0 Å². The van der Waals surface area contributed by atoms with E-state index in [2.05, 4.69) is 10.2 Å². The predicted molar refractivity (Wildman–Crippen MR) is 81.5 cm³/mol. The summed E-state index contributed by atoms with van der Waals surface area (Å²) in [5, 5.41) is 3.34. The molecule has 1 aromatic carbocycles. The lowest BCUT2D eigenvalue weighted by Crippen LogP contribution is -2.43. The lowest BCUT2D eigenvalue weighted by molar-refractivity contribution is 0.324. The molecule has 1 heterocycles. The lowest BCUT2D eigenvalue weighted by atomic mass is 10.2. The zero-order valence-corrected chi connectivity index (χ0v) is 13.3. The summed E-state index contributed by atoms with van der Waals surface area (Å²) in [6.45, 7) is 3.96. The predicted octanol–water partition coefficient (Wildman–Crippen LogP) is 1.70. The average molecular weight is 333 g/mol. The summed E-state index contributed by atoms with van der Waals surface area (Å²) < 4.78 is 16.0. The van der Waals surface area contributed by atoms with Gasteiger partial charge < -0.3 is 24.4 Å². The number of nitrogens with one attached hydrogen (secondary N) is 1. The molecule has 108 valence electrons. The summed E-state index contributed by atoms with van der Waals surface area (Å²) >= 11 is 0. The SMILES string of the molecule is Br.COc1cc(N2CCNCC2)cc(OC)c1OC. The molecule has 1 fully saturated rings. The van der Waals surface area contributed by atoms with Crippen LogP contribution < -0.4 is 24.4 Å². The number of ether oxygens (including phenoxy) is 3. The van der Waals surface area contributed by atoms with E-state index in [1.165, 1.54) is 0 Å². The van der Waals surface area contributed by atoms with Gasteiger partial charge in [0.25, 0.3) is 0 Å². The maximum absolute atomic E-state index is 5.36. The number of benzene rings is 1. The highest BCUT2D eigenvalue weighted by Crippen LogP contribution is 2.40. The van der Waals surface area contributed by atoms with Gasteiger partial charge in [0.2, 0.25) is 5.75 Å². The minimum absolute atomic E-state index is 0. The Morgan fingerprint density at radius 1 is 0.947 bits per heavy atom. The topological polar surface area (TPSA) is 43.0 Å². The van der Waals surface area contributed by atoms with Gasteiger partial charge >= 0.3 is 0 Å². The number of halogens is 1. The molecule has 0 aliphatic carbocycles. The number of hydrogen-bond donors (Lipinski definition) is 1. The van der Waals surface area contributed by atoms with Crippen molar-refractivity contribution in [1.29, 1.82) is 0 Å². The van der Waals surface area contributed by atoms with Crippen molar-refractivity contribution in [3.05, 3.63) is 12.1 Å². The van der Waals surface area contributed by atoms with Gasteiger partial charge in [0, 0.05) is 44.0 Å². The fourth-order valence-electron chi connectivity index (χ4n) is 2.17. The Morgan fingerprint density at radius 3 is 1.89 bits per heavy atom. The first-order valence-corrected chi connectivity index (χ1v) is 6.05. The standard InChI is InChI=1S/C13H20N2O3.BrH/c1-16-11-8-10(15-6-4-14-5-7-15)9-12(17-2)13(11)18-3;/h8-9,14H,4-7H2,1-3H3;1H. The third-order valence-corrected chi connectivity index (χ3v) is 3.13. The molecule has 1 aromatic rings. The molecule has 0 spiro atoms. The first kappa shape index (κ1) is 15.9. The highest BCUT2D eigenvalue weighted by molar-refractivity contribution is 8.93. The van der Waals surface area contributed by atoms with E-state index in [9.17, 15) is 0 Å². The van der Waals surface area contributed by atoms with E-state index in [1.807, 2.05) is 12.1 Å². The van der Waals surface area contributed by atoms with Crippen molar-refractivity contribution in [3.63, 3.8) is 0 Å². The van der Waals surface area contributed by atoms with E-state index in [0.717, 1.165) is 31.9 Å². The van der Waals surface area contributed by atoms with Crippen LogP contribution in [0.15, 0.2) is 12.1 Å². The smallest absolute Gasteiger partial charge is 0.203 e. The Morgan fingerprint density at radius 2 is 1.47 bits per heavy atom. The molecular formula is C13H21BrN2O3. The molecule has 1 saturated heterocycles. The maximum Gasteiger partial charge on any atom is 0.203 e. The maximum atomic E-state index is 5.36. The van der Waals surface area contributed by atoms with Gasteiger partial charge in [-0.2, -0.15) is 0 Å². The highest BCUT2D eigenvalue weighted by atomic mass is 79.9. The minimum atomic E-state index is 0. The molecular weight excluding hydrogens is 312 g/mol. The summed E-state index contributed by atoms with van der Waals surface area (Å²) in [6.07, 6.45) is 0. The van der Waals surface area contributed by atoms with Crippen LogP contribution in [0.3, 0.4) is 0 Å². The van der Waals surface area contributed by atoms with Gasteiger partial charge in [-0.05, 0) is 0 Å². The second-order valence-corrected chi connectivity index (χ2v) is 4.12. The molecule has 2 rings (SSSR count). The highest BCUT2D eigenvalue weighted by Gasteiger charge is 2.17. The van der Waals surface area contributed by atoms with Crippen LogP contribution in [0.5, 0.6) is 17.2 Å². The molecule has 0 saturated carbocycles. The van der Waals surface area contributed by atoms with Crippen molar-refractivity contribution < 1.29 is 14.2 Å². The third-order valence-electron chi connectivity index (χ3n) is 3.13. The average Bonchev–Trinajstić information content (AvgIpc) is 2.46. The van der Waals surface area contributed by atoms with Crippen molar-refractivity contribution in [2.75, 3.05) is 52.4 Å². The Kier molecular flexibility index (Phi) is 6.24. The number of anilines is 1. The molecule has 1 aliphatic rings. The summed E-state index contributed by atoms with van der Waals surface area (Å²) in [4.78, 5) is 2.31. The van der Waals surface area contributed by atoms with E-state index in [0.29, 0.717) is 17.2 Å². The first-order chi connectivity index (χ1) is 8.80. The van der Waals surface area contributed by atoms with Gasteiger partial charge in [0.1, 0.15) is 0 Å². The van der Waals surface area contributed by atoms with E-state index in [1.54, 1.807) is 21.3 Å². The Hall–Kier alpha value is -1.14. The Labute approximate surface area is 124 Å². The molecule has 0 bridgehead atoms. The van der Waals surface area contributed by atoms with Gasteiger partial charge in [-0.15, -0.1) is 17.0 Å². The number of hydrogen-bond acceptors (Lipinski definition) is 5. The third kappa shape index (κ3) is 3.45. The fourth-order valence-corrected chi connectivity index (χ4v) is 2.17. The van der Waals surface area contributed by atoms with Gasteiger partial charge in [0.15, 0.2) is 11.5 Å².